The molecule has 1 aliphatic heterocycles. The van der Waals surface area contributed by atoms with Gasteiger partial charge >= 0.3 is 0 Å². The molecule has 0 amide bonds. The van der Waals surface area contributed by atoms with E-state index in [2.05, 4.69) is 13.8 Å². The van der Waals surface area contributed by atoms with Crippen LogP contribution >= 0.6 is 0 Å². The van der Waals surface area contributed by atoms with Gasteiger partial charge in [0, 0.05) is 0 Å². The predicted molar refractivity (Wildman–Crippen MR) is 72.1 cm³/mol. The molecule has 2 heteroatoms. The third-order valence-corrected chi connectivity index (χ3v) is 3.44. The van der Waals surface area contributed by atoms with Gasteiger partial charge in [-0.3, -0.25) is 0 Å². The maximum atomic E-state index is 5.61. The summed E-state index contributed by atoms with van der Waals surface area (Å²) in [5.41, 5.74) is 0. The molecular weight excluding hydrogens is 212 g/mol. The van der Waals surface area contributed by atoms with Gasteiger partial charge in [-0.15, -0.1) is 0 Å². The first-order chi connectivity index (χ1) is 8.33. The van der Waals surface area contributed by atoms with E-state index in [-0.39, 0.29) is 6.29 Å². The van der Waals surface area contributed by atoms with Gasteiger partial charge in [0.15, 0.2) is 6.29 Å². The second-order valence-electron chi connectivity index (χ2n) is 5.33. The van der Waals surface area contributed by atoms with Crippen molar-refractivity contribution in [1.82, 2.24) is 0 Å². The van der Waals surface area contributed by atoms with Crippen LogP contribution in [-0.4, -0.2) is 19.0 Å². The van der Waals surface area contributed by atoms with Gasteiger partial charge in [0.1, 0.15) is 0 Å². The number of ether oxygens (including phenoxy) is 2. The lowest BCUT2D eigenvalue weighted by Gasteiger charge is -2.09. The second-order valence-corrected chi connectivity index (χ2v) is 5.33. The van der Waals surface area contributed by atoms with Gasteiger partial charge in [-0.1, -0.05) is 58.3 Å². The van der Waals surface area contributed by atoms with Crippen LogP contribution in [0.3, 0.4) is 0 Å². The Kier molecular flexibility index (Phi) is 8.72. The molecule has 17 heavy (non-hydrogen) atoms. The summed E-state index contributed by atoms with van der Waals surface area (Å²) in [4.78, 5) is 0. The van der Waals surface area contributed by atoms with Crippen LogP contribution in [0.5, 0.6) is 0 Å². The second kappa shape index (κ2) is 9.90. The fourth-order valence-corrected chi connectivity index (χ4v) is 2.35. The topological polar surface area (TPSA) is 18.5 Å². The zero-order valence-electron chi connectivity index (χ0n) is 11.7. The van der Waals surface area contributed by atoms with E-state index in [1.807, 2.05) is 0 Å². The minimum absolute atomic E-state index is 0.0922. The van der Waals surface area contributed by atoms with E-state index in [9.17, 15) is 0 Å². The molecule has 1 fully saturated rings. The molecule has 0 bridgehead atoms. The number of hydrogen-bond acceptors (Lipinski definition) is 2. The van der Waals surface area contributed by atoms with Crippen LogP contribution in [0, 0.1) is 0 Å². The van der Waals surface area contributed by atoms with E-state index in [4.69, 9.17) is 9.47 Å². The standard InChI is InChI=1S/C15H30O2/c1-3-4-5-6-7-8-9-10-11-12-15-16-13-14(2)17-15/h14-15H,3-13H2,1-2H3/t14-,15+/m1/s1. The molecule has 0 radical (unpaired) electrons. The smallest absolute Gasteiger partial charge is 0.158 e. The van der Waals surface area contributed by atoms with Crippen molar-refractivity contribution in [3.05, 3.63) is 0 Å². The first-order valence-corrected chi connectivity index (χ1v) is 7.60. The highest BCUT2D eigenvalue weighted by Crippen LogP contribution is 2.17. The Hall–Kier alpha value is -0.0800. The van der Waals surface area contributed by atoms with E-state index in [0.29, 0.717) is 6.10 Å². The third kappa shape index (κ3) is 7.77. The van der Waals surface area contributed by atoms with Crippen molar-refractivity contribution in [2.45, 2.75) is 90.4 Å². The Balaban J connectivity index is 1.75. The molecule has 0 aliphatic carbocycles. The minimum atomic E-state index is 0.0922. The number of rotatable bonds is 10. The highest BCUT2D eigenvalue weighted by Gasteiger charge is 2.21. The zero-order chi connectivity index (χ0) is 12.3. The van der Waals surface area contributed by atoms with Crippen molar-refractivity contribution in [2.24, 2.45) is 0 Å². The summed E-state index contributed by atoms with van der Waals surface area (Å²) in [6.45, 7) is 5.13. The van der Waals surface area contributed by atoms with Gasteiger partial charge in [0.25, 0.3) is 0 Å². The summed E-state index contributed by atoms with van der Waals surface area (Å²) in [7, 11) is 0. The van der Waals surface area contributed by atoms with Gasteiger partial charge in [-0.25, -0.2) is 0 Å². The average molecular weight is 242 g/mol. The Labute approximate surface area is 107 Å². The normalized spacial score (nSPS) is 24.4. The summed E-state index contributed by atoms with van der Waals surface area (Å²) in [6.07, 6.45) is 13.9. The first kappa shape index (κ1) is 15.0. The molecule has 102 valence electrons. The van der Waals surface area contributed by atoms with E-state index in [0.717, 1.165) is 13.0 Å². The van der Waals surface area contributed by atoms with Gasteiger partial charge in [-0.05, 0) is 19.8 Å². The minimum Gasteiger partial charge on any atom is -0.350 e. The molecule has 1 rings (SSSR count). The maximum absolute atomic E-state index is 5.61. The van der Waals surface area contributed by atoms with E-state index < -0.39 is 0 Å². The summed E-state index contributed by atoms with van der Waals surface area (Å²) in [5.74, 6) is 0. The van der Waals surface area contributed by atoms with E-state index in [1.165, 1.54) is 57.8 Å². The largest absolute Gasteiger partial charge is 0.350 e. The van der Waals surface area contributed by atoms with Crippen LogP contribution in [0.2, 0.25) is 0 Å². The lowest BCUT2D eigenvalue weighted by atomic mass is 10.1. The number of hydrogen-bond donors (Lipinski definition) is 0. The third-order valence-electron chi connectivity index (χ3n) is 3.44. The molecule has 0 saturated carbocycles. The van der Waals surface area contributed by atoms with Crippen molar-refractivity contribution in [1.29, 1.82) is 0 Å². The molecule has 0 aromatic carbocycles. The Morgan fingerprint density at radius 1 is 0.882 bits per heavy atom. The SMILES string of the molecule is CCCCCCCCCCC[C@H]1OC[C@@H](C)O1. The molecule has 2 atom stereocenters. The Morgan fingerprint density at radius 3 is 2.00 bits per heavy atom. The Bertz CT molecular complexity index is 170. The highest BCUT2D eigenvalue weighted by atomic mass is 16.7. The molecule has 0 unspecified atom stereocenters. The van der Waals surface area contributed by atoms with Crippen molar-refractivity contribution in [3.8, 4) is 0 Å². The fraction of sp³-hybridized carbons (Fsp3) is 1.00. The summed E-state index contributed by atoms with van der Waals surface area (Å²) in [6, 6.07) is 0. The lowest BCUT2D eigenvalue weighted by molar-refractivity contribution is -0.0604. The molecule has 0 spiro atoms. The van der Waals surface area contributed by atoms with Crippen LogP contribution in [0.4, 0.5) is 0 Å². The summed E-state index contributed by atoms with van der Waals surface area (Å²) >= 11 is 0. The van der Waals surface area contributed by atoms with Crippen molar-refractivity contribution >= 4 is 0 Å². The summed E-state index contributed by atoms with van der Waals surface area (Å²) in [5, 5.41) is 0. The average Bonchev–Trinajstić information content (AvgIpc) is 2.73. The van der Waals surface area contributed by atoms with E-state index >= 15 is 0 Å². The van der Waals surface area contributed by atoms with Crippen molar-refractivity contribution < 1.29 is 9.47 Å². The van der Waals surface area contributed by atoms with E-state index in [1.54, 1.807) is 0 Å². The number of unbranched alkanes of at least 4 members (excludes halogenated alkanes) is 8. The molecule has 0 aromatic heterocycles. The van der Waals surface area contributed by atoms with Gasteiger partial charge in [-0.2, -0.15) is 0 Å². The van der Waals surface area contributed by atoms with Gasteiger partial charge in [0.05, 0.1) is 12.7 Å². The molecule has 1 saturated heterocycles. The quantitative estimate of drug-likeness (QED) is 0.518. The van der Waals surface area contributed by atoms with Gasteiger partial charge in [0.2, 0.25) is 0 Å². The molecule has 2 nitrogen and oxygen atoms in total. The zero-order valence-corrected chi connectivity index (χ0v) is 11.7. The molecule has 1 heterocycles. The highest BCUT2D eigenvalue weighted by molar-refractivity contribution is 4.60. The van der Waals surface area contributed by atoms with Crippen LogP contribution in [0.15, 0.2) is 0 Å². The first-order valence-electron chi connectivity index (χ1n) is 7.60. The molecular formula is C15H30O2. The lowest BCUT2D eigenvalue weighted by Crippen LogP contribution is -2.08. The monoisotopic (exact) mass is 242 g/mol. The van der Waals surface area contributed by atoms with Crippen LogP contribution in [-0.2, 0) is 9.47 Å². The van der Waals surface area contributed by atoms with Crippen molar-refractivity contribution in [2.75, 3.05) is 6.61 Å². The molecule has 0 aromatic rings. The van der Waals surface area contributed by atoms with Gasteiger partial charge < -0.3 is 9.47 Å². The van der Waals surface area contributed by atoms with Crippen molar-refractivity contribution in [3.63, 3.8) is 0 Å². The van der Waals surface area contributed by atoms with Crippen LogP contribution in [0.1, 0.15) is 78.1 Å². The van der Waals surface area contributed by atoms with Crippen LogP contribution in [0.25, 0.3) is 0 Å². The molecule has 1 aliphatic rings. The maximum Gasteiger partial charge on any atom is 0.158 e. The summed E-state index contributed by atoms with van der Waals surface area (Å²) < 4.78 is 11.1. The fourth-order valence-electron chi connectivity index (χ4n) is 2.35. The molecule has 0 N–H and O–H groups in total. The Morgan fingerprint density at radius 2 is 1.47 bits per heavy atom. The predicted octanol–water partition coefficient (Wildman–Crippen LogP) is 4.67. The van der Waals surface area contributed by atoms with Crippen LogP contribution < -0.4 is 0 Å².